The van der Waals surface area contributed by atoms with Crippen molar-refractivity contribution in [2.24, 2.45) is 0 Å². The molecule has 0 aliphatic carbocycles. The smallest absolute Gasteiger partial charge is 0.306 e. The zero-order valence-corrected chi connectivity index (χ0v) is 29.6. The number of carboxylic acid groups (broad SMARTS) is 1. The van der Waals surface area contributed by atoms with Gasteiger partial charge in [0.2, 0.25) is 0 Å². The standard InChI is InChI=1S/C42H68O4/c1-3-5-7-9-11-13-14-15-16-17-18-19-20-21-22-23-25-31-35-39-42(45)46-40(36-32-28-24-12-10-8-6-4-2)37-33-29-26-27-30-34-38-41(43)44/h5,7,11,13,15-16,18-19,21-22,25,31-32,36,40H,3-4,6,8-10,12,14,17,20,23-24,26-30,33-35,37-39H2,1-2H3,(H,43,44)/b7-5-,13-11-,16-15-,19-18-,22-21-,31-25-,36-32-. The Labute approximate surface area is 283 Å². The van der Waals surface area contributed by atoms with Crippen LogP contribution in [-0.4, -0.2) is 23.1 Å². The summed E-state index contributed by atoms with van der Waals surface area (Å²) >= 11 is 0. The van der Waals surface area contributed by atoms with Gasteiger partial charge in [0.05, 0.1) is 0 Å². The zero-order chi connectivity index (χ0) is 33.6. The van der Waals surface area contributed by atoms with Crippen LogP contribution in [0.1, 0.15) is 162 Å². The molecule has 0 rings (SSSR count). The van der Waals surface area contributed by atoms with Crippen LogP contribution in [0.25, 0.3) is 0 Å². The number of allylic oxidation sites excluding steroid dienone is 13. The highest BCUT2D eigenvalue weighted by atomic mass is 16.5. The number of carboxylic acids is 1. The SMILES string of the molecule is CC/C=C\C/C=C\C/C=C\C/C=C\C/C=C\C/C=C\CCC(=O)OC(/C=C\CCCCCCCC)CCCCCCCCC(=O)O. The first-order chi connectivity index (χ1) is 22.6. The third-order valence-corrected chi connectivity index (χ3v) is 7.60. The van der Waals surface area contributed by atoms with E-state index in [4.69, 9.17) is 9.84 Å². The van der Waals surface area contributed by atoms with Crippen LogP contribution in [0.5, 0.6) is 0 Å². The summed E-state index contributed by atoms with van der Waals surface area (Å²) in [6.45, 7) is 4.40. The lowest BCUT2D eigenvalue weighted by Gasteiger charge is -2.14. The number of hydrogen-bond acceptors (Lipinski definition) is 3. The van der Waals surface area contributed by atoms with Crippen LogP contribution in [0, 0.1) is 0 Å². The monoisotopic (exact) mass is 637 g/mol. The molecule has 0 spiro atoms. The van der Waals surface area contributed by atoms with Crippen molar-refractivity contribution < 1.29 is 19.4 Å². The van der Waals surface area contributed by atoms with E-state index in [2.05, 4.69) is 98.9 Å². The molecule has 0 saturated heterocycles. The molecule has 46 heavy (non-hydrogen) atoms. The Morgan fingerprint density at radius 1 is 0.522 bits per heavy atom. The van der Waals surface area contributed by atoms with Crippen LogP contribution < -0.4 is 0 Å². The van der Waals surface area contributed by atoms with Gasteiger partial charge in [0.25, 0.3) is 0 Å². The van der Waals surface area contributed by atoms with E-state index in [1.807, 2.05) is 0 Å². The van der Waals surface area contributed by atoms with Crippen molar-refractivity contribution in [2.75, 3.05) is 0 Å². The molecule has 0 aliphatic rings. The van der Waals surface area contributed by atoms with Crippen LogP contribution in [0.15, 0.2) is 85.1 Å². The van der Waals surface area contributed by atoms with Crippen LogP contribution in [0.4, 0.5) is 0 Å². The van der Waals surface area contributed by atoms with Gasteiger partial charge in [-0.3, -0.25) is 9.59 Å². The fourth-order valence-electron chi connectivity index (χ4n) is 4.88. The molecule has 0 radical (unpaired) electrons. The number of esters is 1. The second kappa shape index (κ2) is 36.6. The molecule has 0 saturated carbocycles. The van der Waals surface area contributed by atoms with Crippen LogP contribution in [0.3, 0.4) is 0 Å². The van der Waals surface area contributed by atoms with E-state index in [1.54, 1.807) is 0 Å². The minimum Gasteiger partial charge on any atom is -0.481 e. The quantitative estimate of drug-likeness (QED) is 0.0453. The Bertz CT molecular complexity index is 903. The van der Waals surface area contributed by atoms with Crippen molar-refractivity contribution in [3.05, 3.63) is 85.1 Å². The molecule has 0 aliphatic heterocycles. The fraction of sp³-hybridized carbons (Fsp3) is 0.619. The fourth-order valence-corrected chi connectivity index (χ4v) is 4.88. The lowest BCUT2D eigenvalue weighted by atomic mass is 10.0. The molecular formula is C42H68O4. The molecule has 260 valence electrons. The first kappa shape index (κ1) is 43.1. The lowest BCUT2D eigenvalue weighted by Crippen LogP contribution is -2.16. The number of ether oxygens (including phenoxy) is 1. The van der Waals surface area contributed by atoms with Crippen LogP contribution in [-0.2, 0) is 14.3 Å². The molecule has 0 heterocycles. The average Bonchev–Trinajstić information content (AvgIpc) is 3.04. The van der Waals surface area contributed by atoms with E-state index in [0.717, 1.165) is 89.9 Å². The molecular weight excluding hydrogens is 568 g/mol. The molecule has 0 aromatic heterocycles. The predicted octanol–water partition coefficient (Wildman–Crippen LogP) is 12.9. The first-order valence-corrected chi connectivity index (χ1v) is 18.6. The molecule has 1 unspecified atom stereocenters. The largest absolute Gasteiger partial charge is 0.481 e. The zero-order valence-electron chi connectivity index (χ0n) is 29.6. The van der Waals surface area contributed by atoms with Gasteiger partial charge in [-0.15, -0.1) is 0 Å². The summed E-state index contributed by atoms with van der Waals surface area (Å²) in [6, 6.07) is 0. The molecule has 4 heteroatoms. The van der Waals surface area contributed by atoms with Crippen LogP contribution in [0.2, 0.25) is 0 Å². The Balaban J connectivity index is 4.23. The maximum Gasteiger partial charge on any atom is 0.306 e. The van der Waals surface area contributed by atoms with Gasteiger partial charge in [-0.2, -0.15) is 0 Å². The van der Waals surface area contributed by atoms with Crippen molar-refractivity contribution in [3.63, 3.8) is 0 Å². The number of rotatable bonds is 32. The second-order valence-corrected chi connectivity index (χ2v) is 12.0. The molecule has 4 nitrogen and oxygen atoms in total. The number of aliphatic carboxylic acids is 1. The lowest BCUT2D eigenvalue weighted by molar-refractivity contribution is -0.147. The maximum absolute atomic E-state index is 12.6. The summed E-state index contributed by atoms with van der Waals surface area (Å²) in [5, 5.41) is 8.76. The highest BCUT2D eigenvalue weighted by Crippen LogP contribution is 2.15. The molecule has 0 aromatic carbocycles. The van der Waals surface area contributed by atoms with E-state index in [9.17, 15) is 9.59 Å². The Morgan fingerprint density at radius 2 is 1.00 bits per heavy atom. The molecule has 0 bridgehead atoms. The van der Waals surface area contributed by atoms with E-state index in [1.165, 1.54) is 38.5 Å². The van der Waals surface area contributed by atoms with Crippen molar-refractivity contribution in [2.45, 2.75) is 168 Å². The summed E-state index contributed by atoms with van der Waals surface area (Å²) in [7, 11) is 0. The van der Waals surface area contributed by atoms with E-state index in [0.29, 0.717) is 12.8 Å². The molecule has 1 N–H and O–H groups in total. The third kappa shape index (κ3) is 35.6. The van der Waals surface area contributed by atoms with Gasteiger partial charge in [-0.05, 0) is 83.1 Å². The minimum absolute atomic E-state index is 0.123. The van der Waals surface area contributed by atoms with E-state index < -0.39 is 5.97 Å². The van der Waals surface area contributed by atoms with E-state index in [-0.39, 0.29) is 18.5 Å². The van der Waals surface area contributed by atoms with Gasteiger partial charge in [-0.25, -0.2) is 0 Å². The molecule has 0 fully saturated rings. The summed E-state index contributed by atoms with van der Waals surface area (Å²) in [4.78, 5) is 23.2. The highest BCUT2D eigenvalue weighted by Gasteiger charge is 2.11. The number of carbonyl (C=O) groups excluding carboxylic acids is 1. The number of unbranched alkanes of at least 4 members (excludes halogenated alkanes) is 11. The normalized spacial score (nSPS) is 13.3. The van der Waals surface area contributed by atoms with Crippen molar-refractivity contribution in [3.8, 4) is 0 Å². The van der Waals surface area contributed by atoms with Gasteiger partial charge in [-0.1, -0.05) is 151 Å². The summed E-state index contributed by atoms with van der Waals surface area (Å²) in [6.07, 6.45) is 53.3. The molecule has 0 amide bonds. The summed E-state index contributed by atoms with van der Waals surface area (Å²) < 4.78 is 5.86. The molecule has 0 aromatic rings. The average molecular weight is 637 g/mol. The minimum atomic E-state index is -0.710. The summed E-state index contributed by atoms with van der Waals surface area (Å²) in [5.74, 6) is -0.833. The topological polar surface area (TPSA) is 63.6 Å². The van der Waals surface area contributed by atoms with Crippen molar-refractivity contribution >= 4 is 11.9 Å². The Hall–Kier alpha value is -2.88. The highest BCUT2D eigenvalue weighted by molar-refractivity contribution is 5.69. The molecule has 1 atom stereocenters. The van der Waals surface area contributed by atoms with Crippen LogP contribution >= 0.6 is 0 Å². The number of carbonyl (C=O) groups is 2. The van der Waals surface area contributed by atoms with Crippen molar-refractivity contribution in [1.82, 2.24) is 0 Å². The van der Waals surface area contributed by atoms with Gasteiger partial charge < -0.3 is 9.84 Å². The van der Waals surface area contributed by atoms with Gasteiger partial charge >= 0.3 is 11.9 Å². The van der Waals surface area contributed by atoms with Gasteiger partial charge in [0.1, 0.15) is 6.10 Å². The predicted molar refractivity (Wildman–Crippen MR) is 199 cm³/mol. The number of hydrogen-bond donors (Lipinski definition) is 1. The second-order valence-electron chi connectivity index (χ2n) is 12.0. The Morgan fingerprint density at radius 3 is 1.54 bits per heavy atom. The van der Waals surface area contributed by atoms with Gasteiger partial charge in [0.15, 0.2) is 0 Å². The third-order valence-electron chi connectivity index (χ3n) is 7.60. The van der Waals surface area contributed by atoms with Crippen molar-refractivity contribution in [1.29, 1.82) is 0 Å². The van der Waals surface area contributed by atoms with Gasteiger partial charge in [0, 0.05) is 12.8 Å². The first-order valence-electron chi connectivity index (χ1n) is 18.6. The maximum atomic E-state index is 12.6. The summed E-state index contributed by atoms with van der Waals surface area (Å²) in [5.41, 5.74) is 0. The Kier molecular flexibility index (Phi) is 34.3. The van der Waals surface area contributed by atoms with E-state index >= 15 is 0 Å².